The van der Waals surface area contributed by atoms with Crippen molar-refractivity contribution in [2.75, 3.05) is 0 Å². The van der Waals surface area contributed by atoms with Gasteiger partial charge in [-0.1, -0.05) is 6.42 Å². The molecule has 0 aromatic rings. The third kappa shape index (κ3) is 2.94. The fourth-order valence-corrected chi connectivity index (χ4v) is 3.82. The molecular weight excluding hydrogens is 279 g/mol. The van der Waals surface area contributed by atoms with E-state index in [4.69, 9.17) is 27.8 Å². The van der Waals surface area contributed by atoms with E-state index in [1.807, 2.05) is 0 Å². The van der Waals surface area contributed by atoms with Crippen LogP contribution < -0.4 is 0 Å². The van der Waals surface area contributed by atoms with Crippen LogP contribution in [-0.4, -0.2) is 28.7 Å². The van der Waals surface area contributed by atoms with Crippen LogP contribution in [0, 0.1) is 11.8 Å². The molecule has 3 atom stereocenters. The zero-order valence-electron chi connectivity index (χ0n) is 8.10. The predicted molar refractivity (Wildman–Crippen MR) is 57.9 cm³/mol. The van der Waals surface area contributed by atoms with Gasteiger partial charge in [0.2, 0.25) is 10.5 Å². The predicted octanol–water partition coefficient (Wildman–Crippen LogP) is 1.19. The van der Waals surface area contributed by atoms with E-state index in [2.05, 4.69) is 0 Å². The van der Waals surface area contributed by atoms with Crippen LogP contribution in [0.4, 0.5) is 0 Å². The number of carbonyl (C=O) groups is 2. The molecule has 0 amide bonds. The number of rotatable bonds is 3. The highest BCUT2D eigenvalue weighted by Crippen LogP contribution is 2.36. The lowest BCUT2D eigenvalue weighted by atomic mass is 9.80. The van der Waals surface area contributed by atoms with Crippen LogP contribution in [0.3, 0.4) is 0 Å². The highest BCUT2D eigenvalue weighted by molar-refractivity contribution is 7.86. The summed E-state index contributed by atoms with van der Waals surface area (Å²) in [7, 11) is -4.40. The highest BCUT2D eigenvalue weighted by atomic mass is 35.5. The molecule has 0 spiro atoms. The van der Waals surface area contributed by atoms with Crippen molar-refractivity contribution in [3.8, 4) is 0 Å². The number of hydrogen-bond donors (Lipinski definition) is 1. The van der Waals surface area contributed by atoms with Crippen LogP contribution >= 0.6 is 23.2 Å². The van der Waals surface area contributed by atoms with E-state index in [0.717, 1.165) is 0 Å². The molecule has 0 bridgehead atoms. The molecule has 1 fully saturated rings. The molecule has 0 aromatic carbocycles. The largest absolute Gasteiger partial charge is 0.285 e. The van der Waals surface area contributed by atoms with Gasteiger partial charge in [-0.05, 0) is 36.0 Å². The van der Waals surface area contributed by atoms with Gasteiger partial charge in [0.25, 0.3) is 10.1 Å². The topological polar surface area (TPSA) is 88.5 Å². The average Bonchev–Trinajstić information content (AvgIpc) is 2.14. The summed E-state index contributed by atoms with van der Waals surface area (Å²) >= 11 is 10.6. The molecule has 0 saturated heterocycles. The molecular formula is C8H10Cl2O5S. The number of hydrogen-bond acceptors (Lipinski definition) is 4. The second-order valence-corrected chi connectivity index (χ2v) is 6.11. The molecule has 3 unspecified atom stereocenters. The molecule has 16 heavy (non-hydrogen) atoms. The molecule has 1 rings (SSSR count). The van der Waals surface area contributed by atoms with E-state index in [0.29, 0.717) is 12.8 Å². The van der Waals surface area contributed by atoms with Crippen molar-refractivity contribution in [2.24, 2.45) is 11.8 Å². The monoisotopic (exact) mass is 288 g/mol. The molecule has 0 heterocycles. The minimum atomic E-state index is -4.40. The Morgan fingerprint density at radius 2 is 1.69 bits per heavy atom. The Balaban J connectivity index is 3.10. The van der Waals surface area contributed by atoms with Crippen molar-refractivity contribution in [1.82, 2.24) is 0 Å². The van der Waals surface area contributed by atoms with Gasteiger partial charge in [-0.15, -0.1) is 0 Å². The van der Waals surface area contributed by atoms with Crippen molar-refractivity contribution in [1.29, 1.82) is 0 Å². The van der Waals surface area contributed by atoms with E-state index in [9.17, 15) is 18.0 Å². The maximum atomic E-state index is 11.1. The molecule has 8 heteroatoms. The average molecular weight is 289 g/mol. The molecule has 1 aliphatic rings. The third-order valence-electron chi connectivity index (χ3n) is 2.77. The maximum Gasteiger partial charge on any atom is 0.268 e. The lowest BCUT2D eigenvalue weighted by molar-refractivity contribution is -0.125. The molecule has 1 aliphatic carbocycles. The summed E-state index contributed by atoms with van der Waals surface area (Å²) in [6.45, 7) is 0. The Kier molecular flexibility index (Phi) is 4.34. The summed E-state index contributed by atoms with van der Waals surface area (Å²) in [4.78, 5) is 22.2. The molecule has 1 saturated carbocycles. The van der Waals surface area contributed by atoms with E-state index in [1.54, 1.807) is 0 Å². The van der Waals surface area contributed by atoms with Crippen molar-refractivity contribution < 1.29 is 22.6 Å². The number of halogens is 2. The minimum Gasteiger partial charge on any atom is -0.285 e. The summed E-state index contributed by atoms with van der Waals surface area (Å²) < 4.78 is 31.1. The first kappa shape index (κ1) is 13.9. The SMILES string of the molecule is O=C(Cl)C1CCCC(S(=O)(=O)O)C1C(=O)Cl. The first-order chi connectivity index (χ1) is 7.25. The van der Waals surface area contributed by atoms with Gasteiger partial charge < -0.3 is 0 Å². The summed E-state index contributed by atoms with van der Waals surface area (Å²) in [5.41, 5.74) is 0. The van der Waals surface area contributed by atoms with E-state index < -0.39 is 37.7 Å². The van der Waals surface area contributed by atoms with Gasteiger partial charge in [0.1, 0.15) is 0 Å². The molecule has 0 aliphatic heterocycles. The van der Waals surface area contributed by atoms with Gasteiger partial charge in [-0.2, -0.15) is 8.42 Å². The second-order valence-electron chi connectivity index (χ2n) is 3.72. The maximum absolute atomic E-state index is 11.1. The van der Waals surface area contributed by atoms with Crippen LogP contribution in [0.5, 0.6) is 0 Å². The summed E-state index contributed by atoms with van der Waals surface area (Å²) in [5.74, 6) is -2.19. The fraction of sp³-hybridized carbons (Fsp3) is 0.750. The lowest BCUT2D eigenvalue weighted by Crippen LogP contribution is -2.43. The van der Waals surface area contributed by atoms with Gasteiger partial charge in [0.05, 0.1) is 11.2 Å². The normalized spacial score (nSPS) is 31.1. The van der Waals surface area contributed by atoms with Crippen LogP contribution in [-0.2, 0) is 19.7 Å². The van der Waals surface area contributed by atoms with Gasteiger partial charge in [0.15, 0.2) is 0 Å². The summed E-state index contributed by atoms with van der Waals surface area (Å²) in [5, 5.41) is -3.09. The van der Waals surface area contributed by atoms with Crippen LogP contribution in [0.2, 0.25) is 0 Å². The first-order valence-corrected chi connectivity index (χ1v) is 6.86. The highest BCUT2D eigenvalue weighted by Gasteiger charge is 2.46. The van der Waals surface area contributed by atoms with Crippen LogP contribution in [0.1, 0.15) is 19.3 Å². The van der Waals surface area contributed by atoms with Gasteiger partial charge in [0, 0.05) is 5.92 Å². The third-order valence-corrected chi connectivity index (χ3v) is 4.60. The second kappa shape index (κ2) is 5.00. The molecule has 92 valence electrons. The Morgan fingerprint density at radius 3 is 2.06 bits per heavy atom. The quantitative estimate of drug-likeness (QED) is 0.622. The summed E-state index contributed by atoms with van der Waals surface area (Å²) in [6, 6.07) is 0. The van der Waals surface area contributed by atoms with Crippen molar-refractivity contribution >= 4 is 43.8 Å². The standard InChI is InChI=1S/C8H10Cl2O5S/c9-7(11)4-2-1-3-5(16(13,14)15)6(4)8(10)12/h4-6H,1-3H2,(H,13,14,15). The molecule has 5 nitrogen and oxygen atoms in total. The zero-order valence-corrected chi connectivity index (χ0v) is 10.4. The minimum absolute atomic E-state index is 0.0998. The zero-order chi connectivity index (χ0) is 12.5. The molecule has 0 aromatic heterocycles. The van der Waals surface area contributed by atoms with Crippen molar-refractivity contribution in [3.05, 3.63) is 0 Å². The van der Waals surface area contributed by atoms with Gasteiger partial charge in [-0.3, -0.25) is 14.1 Å². The van der Waals surface area contributed by atoms with Gasteiger partial charge >= 0.3 is 0 Å². The van der Waals surface area contributed by atoms with Crippen molar-refractivity contribution in [2.45, 2.75) is 24.5 Å². The van der Waals surface area contributed by atoms with E-state index in [-0.39, 0.29) is 6.42 Å². The smallest absolute Gasteiger partial charge is 0.268 e. The van der Waals surface area contributed by atoms with E-state index in [1.165, 1.54) is 0 Å². The summed E-state index contributed by atoms with van der Waals surface area (Å²) in [6.07, 6.45) is 0.800. The number of carbonyl (C=O) groups excluding carboxylic acids is 2. The van der Waals surface area contributed by atoms with Crippen molar-refractivity contribution in [3.63, 3.8) is 0 Å². The molecule has 0 radical (unpaired) electrons. The molecule has 1 N–H and O–H groups in total. The van der Waals surface area contributed by atoms with Crippen LogP contribution in [0.15, 0.2) is 0 Å². The Bertz CT molecular complexity index is 405. The Labute approximate surface area is 103 Å². The van der Waals surface area contributed by atoms with Crippen LogP contribution in [0.25, 0.3) is 0 Å². The lowest BCUT2D eigenvalue weighted by Gasteiger charge is -2.31. The van der Waals surface area contributed by atoms with Gasteiger partial charge in [-0.25, -0.2) is 0 Å². The fourth-order valence-electron chi connectivity index (χ4n) is 2.05. The Morgan fingerprint density at radius 1 is 1.12 bits per heavy atom. The van der Waals surface area contributed by atoms with E-state index >= 15 is 0 Å². The Hall–Kier alpha value is -0.170. The first-order valence-electron chi connectivity index (χ1n) is 4.60.